The Morgan fingerprint density at radius 3 is 2.20 bits per heavy atom. The number of methoxy groups -OCH3 is 3. The van der Waals surface area contributed by atoms with Gasteiger partial charge in [-0.2, -0.15) is 0 Å². The molecule has 0 spiro atoms. The molecule has 0 bridgehead atoms. The number of carbonyl (C=O) groups is 1. The maximum atomic E-state index is 12.3. The van der Waals surface area contributed by atoms with Crippen LogP contribution in [0.25, 0.3) is 0 Å². The first-order valence-electron chi connectivity index (χ1n) is 7.75. The second kappa shape index (κ2) is 8.82. The molecule has 0 amide bonds. The average Bonchev–Trinajstić information content (AvgIpc) is 2.63. The molecular weight excluding hydrogens is 324 g/mol. The van der Waals surface area contributed by atoms with Crippen LogP contribution in [0.4, 0.5) is 0 Å². The summed E-state index contributed by atoms with van der Waals surface area (Å²) in [5, 5.41) is 0. The minimum absolute atomic E-state index is 0.115. The zero-order valence-electron chi connectivity index (χ0n) is 14.8. The monoisotopic (exact) mass is 346 g/mol. The number of ether oxygens (including phenoxy) is 5. The van der Waals surface area contributed by atoms with Gasteiger partial charge in [-0.3, -0.25) is 0 Å². The van der Waals surface area contributed by atoms with Crippen LogP contribution in [0, 0.1) is 6.92 Å². The Bertz CT molecular complexity index is 726. The molecule has 0 unspecified atom stereocenters. The molecule has 2 aromatic rings. The summed E-state index contributed by atoms with van der Waals surface area (Å²) in [6.07, 6.45) is 0. The molecule has 0 atom stereocenters. The molecule has 0 aliphatic heterocycles. The van der Waals surface area contributed by atoms with Crippen molar-refractivity contribution in [1.29, 1.82) is 0 Å². The highest BCUT2D eigenvalue weighted by molar-refractivity contribution is 5.93. The SMILES string of the molecule is COc1cc(OC)c(C(=O)OCCOc2cccc(C)c2)cc1OC. The Balaban J connectivity index is 1.98. The Hall–Kier alpha value is -2.89. The van der Waals surface area contributed by atoms with Crippen molar-refractivity contribution >= 4 is 5.97 Å². The van der Waals surface area contributed by atoms with E-state index < -0.39 is 5.97 Å². The number of aryl methyl sites for hydroxylation is 1. The lowest BCUT2D eigenvalue weighted by Gasteiger charge is -2.14. The molecule has 0 aromatic heterocycles. The van der Waals surface area contributed by atoms with E-state index in [-0.39, 0.29) is 18.8 Å². The Morgan fingerprint density at radius 2 is 1.56 bits per heavy atom. The molecule has 2 aromatic carbocycles. The van der Waals surface area contributed by atoms with Gasteiger partial charge in [-0.15, -0.1) is 0 Å². The van der Waals surface area contributed by atoms with E-state index in [1.54, 1.807) is 6.07 Å². The third-order valence-corrected chi connectivity index (χ3v) is 3.50. The summed E-state index contributed by atoms with van der Waals surface area (Å²) in [5.41, 5.74) is 1.36. The number of benzene rings is 2. The van der Waals surface area contributed by atoms with Crippen LogP contribution in [0.15, 0.2) is 36.4 Å². The van der Waals surface area contributed by atoms with Crippen LogP contribution in [-0.2, 0) is 4.74 Å². The van der Waals surface area contributed by atoms with Gasteiger partial charge in [0.25, 0.3) is 0 Å². The second-order valence-corrected chi connectivity index (χ2v) is 5.21. The van der Waals surface area contributed by atoms with Crippen molar-refractivity contribution in [3.63, 3.8) is 0 Å². The molecule has 0 heterocycles. The highest BCUT2D eigenvalue weighted by Crippen LogP contribution is 2.34. The van der Waals surface area contributed by atoms with Crippen LogP contribution in [0.5, 0.6) is 23.0 Å². The number of hydrogen-bond donors (Lipinski definition) is 0. The molecule has 134 valence electrons. The van der Waals surface area contributed by atoms with Crippen molar-refractivity contribution in [2.24, 2.45) is 0 Å². The first kappa shape index (κ1) is 18.4. The van der Waals surface area contributed by atoms with Crippen LogP contribution in [0.1, 0.15) is 15.9 Å². The Morgan fingerprint density at radius 1 is 0.880 bits per heavy atom. The molecule has 2 rings (SSSR count). The molecule has 0 fully saturated rings. The first-order valence-corrected chi connectivity index (χ1v) is 7.75. The predicted molar refractivity (Wildman–Crippen MR) is 93.1 cm³/mol. The fraction of sp³-hybridized carbons (Fsp3) is 0.316. The second-order valence-electron chi connectivity index (χ2n) is 5.21. The summed E-state index contributed by atoms with van der Waals surface area (Å²) in [6.45, 7) is 2.35. The molecule has 0 radical (unpaired) electrons. The summed E-state index contributed by atoms with van der Waals surface area (Å²) in [5.74, 6) is 1.46. The van der Waals surface area contributed by atoms with Gasteiger partial charge in [0.2, 0.25) is 0 Å². The summed E-state index contributed by atoms with van der Waals surface area (Å²) in [4.78, 5) is 12.3. The van der Waals surface area contributed by atoms with E-state index in [2.05, 4.69) is 0 Å². The van der Waals surface area contributed by atoms with Crippen molar-refractivity contribution in [3.8, 4) is 23.0 Å². The largest absolute Gasteiger partial charge is 0.496 e. The summed E-state index contributed by atoms with van der Waals surface area (Å²) >= 11 is 0. The maximum absolute atomic E-state index is 12.3. The molecule has 6 nitrogen and oxygen atoms in total. The van der Waals surface area contributed by atoms with Gasteiger partial charge in [-0.1, -0.05) is 12.1 Å². The van der Waals surface area contributed by atoms with Gasteiger partial charge in [0.1, 0.15) is 30.3 Å². The minimum atomic E-state index is -0.523. The van der Waals surface area contributed by atoms with Crippen molar-refractivity contribution in [2.75, 3.05) is 34.5 Å². The van der Waals surface area contributed by atoms with E-state index in [0.29, 0.717) is 17.2 Å². The van der Waals surface area contributed by atoms with Crippen LogP contribution in [0.3, 0.4) is 0 Å². The Labute approximate surface area is 147 Å². The molecule has 0 aliphatic rings. The van der Waals surface area contributed by atoms with Crippen LogP contribution < -0.4 is 18.9 Å². The van der Waals surface area contributed by atoms with E-state index in [1.165, 1.54) is 27.4 Å². The molecule has 0 saturated carbocycles. The quantitative estimate of drug-likeness (QED) is 0.540. The van der Waals surface area contributed by atoms with Gasteiger partial charge in [0.05, 0.1) is 21.3 Å². The average molecular weight is 346 g/mol. The predicted octanol–water partition coefficient (Wildman–Crippen LogP) is 3.26. The molecule has 0 N–H and O–H groups in total. The van der Waals surface area contributed by atoms with E-state index >= 15 is 0 Å². The third kappa shape index (κ3) is 4.79. The zero-order valence-corrected chi connectivity index (χ0v) is 14.8. The first-order chi connectivity index (χ1) is 12.1. The zero-order chi connectivity index (χ0) is 18.2. The van der Waals surface area contributed by atoms with Gasteiger partial charge in [0, 0.05) is 12.1 Å². The molecular formula is C19H22O6. The van der Waals surface area contributed by atoms with E-state index in [4.69, 9.17) is 23.7 Å². The van der Waals surface area contributed by atoms with Crippen LogP contribution >= 0.6 is 0 Å². The van der Waals surface area contributed by atoms with Crippen molar-refractivity contribution in [2.45, 2.75) is 6.92 Å². The third-order valence-electron chi connectivity index (χ3n) is 3.50. The summed E-state index contributed by atoms with van der Waals surface area (Å²) in [6, 6.07) is 10.8. The van der Waals surface area contributed by atoms with Gasteiger partial charge in [-0.25, -0.2) is 4.79 Å². The van der Waals surface area contributed by atoms with Gasteiger partial charge in [0.15, 0.2) is 11.5 Å². The smallest absolute Gasteiger partial charge is 0.342 e. The number of esters is 1. The van der Waals surface area contributed by atoms with E-state index in [0.717, 1.165) is 11.3 Å². The van der Waals surface area contributed by atoms with Crippen LogP contribution in [0.2, 0.25) is 0 Å². The summed E-state index contributed by atoms with van der Waals surface area (Å²) < 4.78 is 26.4. The molecule has 6 heteroatoms. The highest BCUT2D eigenvalue weighted by Gasteiger charge is 2.18. The van der Waals surface area contributed by atoms with Crippen molar-refractivity contribution in [3.05, 3.63) is 47.5 Å². The minimum Gasteiger partial charge on any atom is -0.496 e. The highest BCUT2D eigenvalue weighted by atomic mass is 16.6. The topological polar surface area (TPSA) is 63.2 Å². The lowest BCUT2D eigenvalue weighted by atomic mass is 10.1. The summed E-state index contributed by atoms with van der Waals surface area (Å²) in [7, 11) is 4.48. The lowest BCUT2D eigenvalue weighted by Crippen LogP contribution is -2.13. The number of rotatable bonds is 8. The fourth-order valence-corrected chi connectivity index (χ4v) is 2.27. The van der Waals surface area contributed by atoms with E-state index in [1.807, 2.05) is 31.2 Å². The van der Waals surface area contributed by atoms with Crippen molar-refractivity contribution < 1.29 is 28.5 Å². The normalized spacial score (nSPS) is 10.1. The Kier molecular flexibility index (Phi) is 6.51. The maximum Gasteiger partial charge on any atom is 0.342 e. The molecule has 0 aliphatic carbocycles. The fourth-order valence-electron chi connectivity index (χ4n) is 2.27. The number of hydrogen-bond acceptors (Lipinski definition) is 6. The van der Waals surface area contributed by atoms with Gasteiger partial charge < -0.3 is 23.7 Å². The van der Waals surface area contributed by atoms with Crippen molar-refractivity contribution in [1.82, 2.24) is 0 Å². The van der Waals surface area contributed by atoms with Gasteiger partial charge in [-0.05, 0) is 24.6 Å². The standard InChI is InChI=1S/C19H22O6/c1-13-6-5-7-14(10-13)24-8-9-25-19(20)15-11-17(22-3)18(23-4)12-16(15)21-2/h5-7,10-12H,8-9H2,1-4H3. The lowest BCUT2D eigenvalue weighted by molar-refractivity contribution is 0.0446. The van der Waals surface area contributed by atoms with E-state index in [9.17, 15) is 4.79 Å². The number of carbonyl (C=O) groups excluding carboxylic acids is 1. The van der Waals surface area contributed by atoms with Crippen LogP contribution in [-0.4, -0.2) is 40.5 Å². The van der Waals surface area contributed by atoms with Gasteiger partial charge >= 0.3 is 5.97 Å². The molecule has 0 saturated heterocycles. The molecule has 25 heavy (non-hydrogen) atoms.